The molecule has 1 atom stereocenters. The molecule has 1 aliphatic heterocycles. The van der Waals surface area contributed by atoms with Gasteiger partial charge in [-0.1, -0.05) is 20.8 Å². The van der Waals surface area contributed by atoms with E-state index in [1.165, 1.54) is 0 Å². The van der Waals surface area contributed by atoms with Gasteiger partial charge in [0.25, 0.3) is 0 Å². The van der Waals surface area contributed by atoms with Gasteiger partial charge in [0.05, 0.1) is 5.41 Å². The highest BCUT2D eigenvalue weighted by Crippen LogP contribution is 2.48. The summed E-state index contributed by atoms with van der Waals surface area (Å²) in [6, 6.07) is 0. The summed E-state index contributed by atoms with van der Waals surface area (Å²) in [5.74, 6) is 0.956. The van der Waals surface area contributed by atoms with Gasteiger partial charge in [-0.15, -0.1) is 0 Å². The summed E-state index contributed by atoms with van der Waals surface area (Å²) in [5.41, 5.74) is 5.86. The second-order valence-electron chi connectivity index (χ2n) is 6.27. The van der Waals surface area contributed by atoms with E-state index in [4.69, 9.17) is 5.73 Å². The molecule has 1 saturated heterocycles. The molecule has 0 aromatic rings. The van der Waals surface area contributed by atoms with Crippen LogP contribution in [0.3, 0.4) is 0 Å². The number of hydrogen-bond acceptors (Lipinski definition) is 2. The van der Waals surface area contributed by atoms with Gasteiger partial charge in [-0.05, 0) is 30.6 Å². The van der Waals surface area contributed by atoms with Crippen molar-refractivity contribution in [1.29, 1.82) is 0 Å². The van der Waals surface area contributed by atoms with Crippen molar-refractivity contribution in [3.8, 4) is 0 Å². The standard InChI is InChI=1S/C13H24N2O/c1-10(2)12(3)6-7-15(9-12)11(16)13(8-14)4-5-13/h10H,4-9,14H2,1-3H3/t12-/m0/s1. The smallest absolute Gasteiger partial charge is 0.230 e. The number of rotatable bonds is 3. The summed E-state index contributed by atoms with van der Waals surface area (Å²) in [5, 5.41) is 0. The number of carbonyl (C=O) groups is 1. The topological polar surface area (TPSA) is 46.3 Å². The van der Waals surface area contributed by atoms with Crippen LogP contribution < -0.4 is 5.73 Å². The molecule has 2 fully saturated rings. The van der Waals surface area contributed by atoms with Gasteiger partial charge in [0, 0.05) is 19.6 Å². The number of likely N-dealkylation sites (tertiary alicyclic amines) is 1. The minimum Gasteiger partial charge on any atom is -0.342 e. The van der Waals surface area contributed by atoms with Gasteiger partial charge in [-0.25, -0.2) is 0 Å². The van der Waals surface area contributed by atoms with E-state index in [1.54, 1.807) is 0 Å². The van der Waals surface area contributed by atoms with Gasteiger partial charge in [0.2, 0.25) is 5.91 Å². The van der Waals surface area contributed by atoms with Crippen molar-refractivity contribution in [2.75, 3.05) is 19.6 Å². The Bertz CT molecular complexity index is 296. The molecular weight excluding hydrogens is 200 g/mol. The van der Waals surface area contributed by atoms with E-state index in [0.29, 0.717) is 23.8 Å². The third kappa shape index (κ3) is 1.75. The van der Waals surface area contributed by atoms with Crippen LogP contribution in [-0.2, 0) is 4.79 Å². The first-order valence-corrected chi connectivity index (χ1v) is 6.43. The monoisotopic (exact) mass is 224 g/mol. The van der Waals surface area contributed by atoms with Crippen LogP contribution in [0.25, 0.3) is 0 Å². The van der Waals surface area contributed by atoms with Gasteiger partial charge in [-0.3, -0.25) is 4.79 Å². The summed E-state index contributed by atoms with van der Waals surface area (Å²) in [4.78, 5) is 14.4. The highest BCUT2D eigenvalue weighted by molar-refractivity contribution is 5.86. The molecule has 2 rings (SSSR count). The molecule has 1 saturated carbocycles. The van der Waals surface area contributed by atoms with Crippen LogP contribution in [0.5, 0.6) is 0 Å². The summed E-state index contributed by atoms with van der Waals surface area (Å²) in [6.07, 6.45) is 3.13. The molecule has 0 bridgehead atoms. The Kier molecular flexibility index (Phi) is 2.77. The van der Waals surface area contributed by atoms with Crippen LogP contribution >= 0.6 is 0 Å². The van der Waals surface area contributed by atoms with Crippen molar-refractivity contribution < 1.29 is 4.79 Å². The maximum absolute atomic E-state index is 12.3. The molecule has 1 heterocycles. The molecular formula is C13H24N2O. The lowest BCUT2D eigenvalue weighted by atomic mass is 9.78. The highest BCUT2D eigenvalue weighted by Gasteiger charge is 2.52. The number of amides is 1. The lowest BCUT2D eigenvalue weighted by Gasteiger charge is -2.30. The third-order valence-electron chi connectivity index (χ3n) is 4.88. The van der Waals surface area contributed by atoms with Crippen molar-refractivity contribution in [3.05, 3.63) is 0 Å². The van der Waals surface area contributed by atoms with E-state index in [2.05, 4.69) is 25.7 Å². The van der Waals surface area contributed by atoms with E-state index in [-0.39, 0.29) is 5.41 Å². The van der Waals surface area contributed by atoms with Crippen molar-refractivity contribution in [3.63, 3.8) is 0 Å². The predicted molar refractivity (Wildman–Crippen MR) is 64.9 cm³/mol. The highest BCUT2D eigenvalue weighted by atomic mass is 16.2. The van der Waals surface area contributed by atoms with Crippen LogP contribution in [0, 0.1) is 16.7 Å². The zero-order valence-corrected chi connectivity index (χ0v) is 10.8. The van der Waals surface area contributed by atoms with Crippen LogP contribution in [0.1, 0.15) is 40.0 Å². The molecule has 2 aliphatic rings. The van der Waals surface area contributed by atoms with Crippen LogP contribution in [0.2, 0.25) is 0 Å². The summed E-state index contributed by atoms with van der Waals surface area (Å²) in [7, 11) is 0. The molecule has 2 N–H and O–H groups in total. The minimum absolute atomic E-state index is 0.164. The quantitative estimate of drug-likeness (QED) is 0.792. The van der Waals surface area contributed by atoms with Crippen molar-refractivity contribution in [2.24, 2.45) is 22.5 Å². The molecule has 0 aromatic carbocycles. The average Bonchev–Trinajstić information content (AvgIpc) is 2.95. The maximum Gasteiger partial charge on any atom is 0.230 e. The normalized spacial score (nSPS) is 32.2. The summed E-state index contributed by atoms with van der Waals surface area (Å²) in [6.45, 7) is 9.18. The zero-order chi connectivity index (χ0) is 12.0. The Balaban J connectivity index is 2.02. The van der Waals surface area contributed by atoms with E-state index >= 15 is 0 Å². The largest absolute Gasteiger partial charge is 0.342 e. The lowest BCUT2D eigenvalue weighted by molar-refractivity contribution is -0.136. The van der Waals surface area contributed by atoms with Gasteiger partial charge in [0.15, 0.2) is 0 Å². The van der Waals surface area contributed by atoms with Gasteiger partial charge >= 0.3 is 0 Å². The van der Waals surface area contributed by atoms with Gasteiger partial charge in [-0.2, -0.15) is 0 Å². The first kappa shape index (κ1) is 11.9. The van der Waals surface area contributed by atoms with E-state index in [1.807, 2.05) is 0 Å². The molecule has 92 valence electrons. The minimum atomic E-state index is -0.164. The van der Waals surface area contributed by atoms with E-state index < -0.39 is 0 Å². The lowest BCUT2D eigenvalue weighted by Crippen LogP contribution is -2.40. The molecule has 3 heteroatoms. The summed E-state index contributed by atoms with van der Waals surface area (Å²) < 4.78 is 0. The van der Waals surface area contributed by atoms with E-state index in [9.17, 15) is 4.79 Å². The second-order valence-corrected chi connectivity index (χ2v) is 6.27. The molecule has 3 nitrogen and oxygen atoms in total. The number of hydrogen-bond donors (Lipinski definition) is 1. The second kappa shape index (κ2) is 3.73. The average molecular weight is 224 g/mol. The number of nitrogens with zero attached hydrogens (tertiary/aromatic N) is 1. The third-order valence-corrected chi connectivity index (χ3v) is 4.88. The zero-order valence-electron chi connectivity index (χ0n) is 10.8. The number of carbonyl (C=O) groups excluding carboxylic acids is 1. The van der Waals surface area contributed by atoms with Crippen molar-refractivity contribution in [1.82, 2.24) is 4.90 Å². The molecule has 1 aliphatic carbocycles. The first-order chi connectivity index (χ1) is 7.43. The Morgan fingerprint density at radius 3 is 2.38 bits per heavy atom. The Morgan fingerprint density at radius 2 is 2.00 bits per heavy atom. The van der Waals surface area contributed by atoms with Crippen LogP contribution in [0.15, 0.2) is 0 Å². The fourth-order valence-corrected chi connectivity index (χ4v) is 2.62. The van der Waals surface area contributed by atoms with Crippen LogP contribution in [-0.4, -0.2) is 30.4 Å². The molecule has 0 unspecified atom stereocenters. The molecule has 0 spiro atoms. The van der Waals surface area contributed by atoms with Gasteiger partial charge in [0.1, 0.15) is 0 Å². The molecule has 1 amide bonds. The first-order valence-electron chi connectivity index (χ1n) is 6.43. The predicted octanol–water partition coefficient (Wildman–Crippen LogP) is 1.62. The fraction of sp³-hybridized carbons (Fsp3) is 0.923. The molecule has 0 aromatic heterocycles. The Morgan fingerprint density at radius 1 is 1.38 bits per heavy atom. The SMILES string of the molecule is CC(C)[C@@]1(C)CCN(C(=O)C2(CN)CC2)C1. The maximum atomic E-state index is 12.3. The Hall–Kier alpha value is -0.570. The summed E-state index contributed by atoms with van der Waals surface area (Å²) >= 11 is 0. The van der Waals surface area contributed by atoms with Crippen LogP contribution in [0.4, 0.5) is 0 Å². The van der Waals surface area contributed by atoms with Crippen molar-refractivity contribution in [2.45, 2.75) is 40.0 Å². The fourth-order valence-electron chi connectivity index (χ4n) is 2.62. The van der Waals surface area contributed by atoms with Gasteiger partial charge < -0.3 is 10.6 Å². The van der Waals surface area contributed by atoms with Crippen molar-refractivity contribution >= 4 is 5.91 Å². The Labute approximate surface area is 98.4 Å². The molecule has 16 heavy (non-hydrogen) atoms. The molecule has 0 radical (unpaired) electrons. The number of nitrogens with two attached hydrogens (primary N) is 1. The van der Waals surface area contributed by atoms with E-state index in [0.717, 1.165) is 32.4 Å².